The van der Waals surface area contributed by atoms with Gasteiger partial charge in [-0.15, -0.1) is 0 Å². The fourth-order valence-electron chi connectivity index (χ4n) is 18.3. The highest BCUT2D eigenvalue weighted by atomic mass is 16.5. The van der Waals surface area contributed by atoms with Crippen molar-refractivity contribution in [3.63, 3.8) is 0 Å². The van der Waals surface area contributed by atoms with Crippen LogP contribution in [0.25, 0.3) is 0 Å². The normalized spacial score (nSPS) is 42.2. The Kier molecular flexibility index (Phi) is 17.6. The van der Waals surface area contributed by atoms with E-state index in [2.05, 4.69) is 81.4 Å². The number of fused-ring (bicyclic) bond motifs is 10. The van der Waals surface area contributed by atoms with Gasteiger partial charge in [-0.2, -0.15) is 0 Å². The lowest BCUT2D eigenvalue weighted by molar-refractivity contribution is -0.0639. The molecule has 0 aromatic heterocycles. The van der Waals surface area contributed by atoms with Crippen LogP contribution in [0.1, 0.15) is 223 Å². The van der Waals surface area contributed by atoms with Gasteiger partial charge in [-0.25, -0.2) is 0 Å². The summed E-state index contributed by atoms with van der Waals surface area (Å²) in [6.45, 7) is 28.6. The first kappa shape index (κ1) is 51.2. The minimum atomic E-state index is 0.439. The Balaban J connectivity index is 0.000000191. The Bertz CT molecular complexity index is 1420. The number of hydrogen-bond acceptors (Lipinski definition) is 4. The third kappa shape index (κ3) is 10.6. The maximum absolute atomic E-state index is 6.21. The molecular weight excluding hydrogens is 781 g/mol. The van der Waals surface area contributed by atoms with Crippen molar-refractivity contribution in [3.8, 4) is 0 Å². The SMILES string of the molecule is CC(C)CCC[C@@H](C)[C@H]1CC[C@H]2[C@@H]3CC=C4C[C@@H](OCCCN)CC[C@]4(C)[C@H]3CC[C@]12C.CC(C)CCC[C@@H](C)[C@H]1CC[C@H]2[C@@H]3CC=C4C[C@@H](OCCCN)CC[C@]4(C)[C@H]3CC[C@]12C. The highest BCUT2D eigenvalue weighted by Gasteiger charge is 2.61. The molecule has 4 heteroatoms. The highest BCUT2D eigenvalue weighted by molar-refractivity contribution is 5.27. The zero-order chi connectivity index (χ0) is 45.9. The van der Waals surface area contributed by atoms with Crippen LogP contribution in [0.2, 0.25) is 0 Å². The minimum Gasteiger partial charge on any atom is -0.378 e. The lowest BCUT2D eigenvalue weighted by atomic mass is 9.47. The molecule has 0 heterocycles. The van der Waals surface area contributed by atoms with E-state index in [4.69, 9.17) is 20.9 Å². The van der Waals surface area contributed by atoms with Gasteiger partial charge in [-0.05, 0) is 221 Å². The standard InChI is InChI=1S/2C30H53NO/c2*1-21(2)8-6-9-22(3)26-12-13-27-25-11-10-23-20-24(32-19-7-18-31)14-16-29(23,4)28(25)15-17-30(26,27)5/h2*10,21-22,24-28H,6-9,11-20,31H2,1-5H3/t2*22-,24+,25+,26-,27+,28+,29+,30-/m11/s1. The number of rotatable bonds is 18. The van der Waals surface area contributed by atoms with Gasteiger partial charge in [0.15, 0.2) is 0 Å². The molecule has 4 nitrogen and oxygen atoms in total. The van der Waals surface area contributed by atoms with Gasteiger partial charge in [0.2, 0.25) is 0 Å². The smallest absolute Gasteiger partial charge is 0.0612 e. The highest BCUT2D eigenvalue weighted by Crippen LogP contribution is 2.69. The van der Waals surface area contributed by atoms with Gasteiger partial charge in [0, 0.05) is 13.2 Å². The Morgan fingerprint density at radius 2 is 0.906 bits per heavy atom. The van der Waals surface area contributed by atoms with Gasteiger partial charge < -0.3 is 20.9 Å². The molecule has 16 atom stereocenters. The van der Waals surface area contributed by atoms with Gasteiger partial charge in [0.25, 0.3) is 0 Å². The van der Waals surface area contributed by atoms with Crippen LogP contribution in [0.3, 0.4) is 0 Å². The molecule has 0 aliphatic heterocycles. The average Bonchev–Trinajstić information content (AvgIpc) is 3.81. The lowest BCUT2D eigenvalue weighted by Gasteiger charge is -2.58. The first-order valence-electron chi connectivity index (χ1n) is 28.6. The van der Waals surface area contributed by atoms with Crippen molar-refractivity contribution in [2.24, 2.45) is 104 Å². The summed E-state index contributed by atoms with van der Waals surface area (Å²) in [6, 6.07) is 0. The van der Waals surface area contributed by atoms with Crippen LogP contribution in [-0.4, -0.2) is 38.5 Å². The van der Waals surface area contributed by atoms with E-state index in [1.165, 1.54) is 141 Å². The summed E-state index contributed by atoms with van der Waals surface area (Å²) >= 11 is 0. The Morgan fingerprint density at radius 3 is 1.28 bits per heavy atom. The second-order valence-electron chi connectivity index (χ2n) is 26.3. The molecule has 0 amide bonds. The van der Waals surface area contributed by atoms with Crippen LogP contribution >= 0.6 is 0 Å². The zero-order valence-electron chi connectivity index (χ0n) is 44.0. The largest absolute Gasteiger partial charge is 0.378 e. The quantitative estimate of drug-likeness (QED) is 0.106. The summed E-state index contributed by atoms with van der Waals surface area (Å²) in [5, 5.41) is 0. The first-order valence-corrected chi connectivity index (χ1v) is 28.6. The van der Waals surface area contributed by atoms with E-state index in [-0.39, 0.29) is 0 Å². The topological polar surface area (TPSA) is 70.5 Å². The summed E-state index contributed by atoms with van der Waals surface area (Å²) in [7, 11) is 0. The molecule has 8 rings (SSSR count). The van der Waals surface area contributed by atoms with Gasteiger partial charge in [-0.1, -0.05) is 131 Å². The molecule has 368 valence electrons. The van der Waals surface area contributed by atoms with E-state index in [0.717, 1.165) is 110 Å². The average molecular weight is 888 g/mol. The predicted molar refractivity (Wildman–Crippen MR) is 273 cm³/mol. The Hall–Kier alpha value is -0.680. The number of hydrogen-bond donors (Lipinski definition) is 2. The van der Waals surface area contributed by atoms with Crippen LogP contribution < -0.4 is 11.5 Å². The molecule has 8 aliphatic carbocycles. The zero-order valence-corrected chi connectivity index (χ0v) is 44.0. The van der Waals surface area contributed by atoms with Crippen molar-refractivity contribution >= 4 is 0 Å². The van der Waals surface area contributed by atoms with E-state index in [1.807, 2.05) is 0 Å². The van der Waals surface area contributed by atoms with Crippen LogP contribution in [0, 0.1) is 92.7 Å². The molecular formula is C60H106N2O2. The summed E-state index contributed by atoms with van der Waals surface area (Å²) < 4.78 is 12.4. The third-order valence-electron chi connectivity index (χ3n) is 21.9. The van der Waals surface area contributed by atoms with Crippen molar-refractivity contribution < 1.29 is 9.47 Å². The van der Waals surface area contributed by atoms with Crippen molar-refractivity contribution in [1.82, 2.24) is 0 Å². The van der Waals surface area contributed by atoms with Crippen LogP contribution in [0.5, 0.6) is 0 Å². The van der Waals surface area contributed by atoms with E-state index in [1.54, 1.807) is 11.1 Å². The van der Waals surface area contributed by atoms with Gasteiger partial charge >= 0.3 is 0 Å². The molecule has 64 heavy (non-hydrogen) atoms. The fourth-order valence-corrected chi connectivity index (χ4v) is 18.3. The molecule has 8 aliphatic rings. The van der Waals surface area contributed by atoms with E-state index >= 15 is 0 Å². The van der Waals surface area contributed by atoms with Crippen molar-refractivity contribution in [3.05, 3.63) is 23.3 Å². The molecule has 0 spiro atoms. The van der Waals surface area contributed by atoms with Gasteiger partial charge in [0.1, 0.15) is 0 Å². The maximum Gasteiger partial charge on any atom is 0.0612 e. The van der Waals surface area contributed by atoms with Crippen LogP contribution in [0.15, 0.2) is 23.3 Å². The lowest BCUT2D eigenvalue weighted by Crippen LogP contribution is -2.51. The van der Waals surface area contributed by atoms with E-state index < -0.39 is 0 Å². The van der Waals surface area contributed by atoms with Crippen LogP contribution in [0.4, 0.5) is 0 Å². The Morgan fingerprint density at radius 1 is 0.500 bits per heavy atom. The summed E-state index contributed by atoms with van der Waals surface area (Å²) in [6.07, 6.45) is 39.0. The van der Waals surface area contributed by atoms with Gasteiger partial charge in [0.05, 0.1) is 12.2 Å². The molecule has 0 aromatic carbocycles. The molecule has 6 fully saturated rings. The van der Waals surface area contributed by atoms with Crippen molar-refractivity contribution in [2.45, 2.75) is 236 Å². The van der Waals surface area contributed by atoms with E-state index in [0.29, 0.717) is 33.9 Å². The Labute approximate surface area is 397 Å². The third-order valence-corrected chi connectivity index (χ3v) is 21.9. The molecule has 0 saturated heterocycles. The van der Waals surface area contributed by atoms with Crippen molar-refractivity contribution in [1.29, 1.82) is 0 Å². The molecule has 6 saturated carbocycles. The second-order valence-corrected chi connectivity index (χ2v) is 26.3. The number of ether oxygens (including phenoxy) is 2. The molecule has 0 aromatic rings. The fraction of sp³-hybridized carbons (Fsp3) is 0.933. The van der Waals surface area contributed by atoms with Crippen molar-refractivity contribution in [2.75, 3.05) is 26.3 Å². The number of nitrogens with two attached hydrogens (primary N) is 2. The van der Waals surface area contributed by atoms with E-state index in [9.17, 15) is 0 Å². The molecule has 4 N–H and O–H groups in total. The molecule has 0 bridgehead atoms. The summed E-state index contributed by atoms with van der Waals surface area (Å²) in [4.78, 5) is 0. The molecule has 0 unspecified atom stereocenters. The summed E-state index contributed by atoms with van der Waals surface area (Å²) in [5.41, 5.74) is 16.9. The predicted octanol–water partition coefficient (Wildman–Crippen LogP) is 15.5. The van der Waals surface area contributed by atoms with Gasteiger partial charge in [-0.3, -0.25) is 0 Å². The summed E-state index contributed by atoms with van der Waals surface area (Å²) in [5.74, 6) is 11.1. The monoisotopic (exact) mass is 887 g/mol. The second kappa shape index (κ2) is 22.0. The minimum absolute atomic E-state index is 0.439. The maximum atomic E-state index is 6.21. The first-order chi connectivity index (χ1) is 30.6. The van der Waals surface area contributed by atoms with Crippen LogP contribution in [-0.2, 0) is 9.47 Å². The molecule has 0 radical (unpaired) electrons. The number of allylic oxidation sites excluding steroid dienone is 2.